The molecular formula is C10H8FNO. The molecule has 2 nitrogen and oxygen atoms in total. The van der Waals surface area contributed by atoms with E-state index in [4.69, 9.17) is 0 Å². The molecule has 0 N–H and O–H groups in total. The van der Waals surface area contributed by atoms with Gasteiger partial charge in [-0.05, 0) is 12.5 Å². The minimum Gasteiger partial charge on any atom is -0.364 e. The molecule has 0 spiro atoms. The fourth-order valence-corrected chi connectivity index (χ4v) is 1.21. The van der Waals surface area contributed by atoms with Gasteiger partial charge in [-0.25, -0.2) is 4.39 Å². The number of aromatic nitrogens is 1. The molecule has 0 radical (unpaired) electrons. The average molecular weight is 177 g/mol. The zero-order chi connectivity index (χ0) is 9.26. The summed E-state index contributed by atoms with van der Waals surface area (Å²) in [5.41, 5.74) is 1.82. The predicted octanol–water partition coefficient (Wildman–Crippen LogP) is 2.79. The molecular weight excluding hydrogens is 169 g/mol. The van der Waals surface area contributed by atoms with Crippen LogP contribution in [0.5, 0.6) is 0 Å². The van der Waals surface area contributed by atoms with Gasteiger partial charge in [-0.3, -0.25) is 0 Å². The molecule has 0 unspecified atom stereocenters. The van der Waals surface area contributed by atoms with E-state index in [1.54, 1.807) is 25.1 Å². The van der Waals surface area contributed by atoms with Crippen LogP contribution in [0.1, 0.15) is 5.56 Å². The number of aryl methyl sites for hydroxylation is 1. The molecule has 2 rings (SSSR count). The van der Waals surface area contributed by atoms with E-state index >= 15 is 0 Å². The molecule has 0 aliphatic heterocycles. The summed E-state index contributed by atoms with van der Waals surface area (Å²) in [4.78, 5) is 0. The third-order valence-electron chi connectivity index (χ3n) is 1.94. The first-order valence-electron chi connectivity index (χ1n) is 3.94. The summed E-state index contributed by atoms with van der Waals surface area (Å²) in [6.45, 7) is 1.73. The Kier molecular flexibility index (Phi) is 1.85. The summed E-state index contributed by atoms with van der Waals surface area (Å²) in [6, 6.07) is 5.24. The highest BCUT2D eigenvalue weighted by molar-refractivity contribution is 5.62. The van der Waals surface area contributed by atoms with E-state index in [1.165, 1.54) is 12.5 Å². The van der Waals surface area contributed by atoms with Gasteiger partial charge in [0.25, 0.3) is 0 Å². The van der Waals surface area contributed by atoms with Gasteiger partial charge in [-0.15, -0.1) is 0 Å². The second-order valence-electron chi connectivity index (χ2n) is 2.85. The third kappa shape index (κ3) is 1.33. The molecule has 0 atom stereocenters. The maximum atomic E-state index is 13.5. The minimum atomic E-state index is -0.217. The van der Waals surface area contributed by atoms with E-state index < -0.39 is 0 Å². The molecule has 1 aromatic heterocycles. The summed E-state index contributed by atoms with van der Waals surface area (Å²) in [5, 5.41) is 3.53. The summed E-state index contributed by atoms with van der Waals surface area (Å²) in [5.74, 6) is -0.217. The molecule has 0 fully saturated rings. The van der Waals surface area contributed by atoms with Gasteiger partial charge < -0.3 is 4.52 Å². The molecule has 1 aromatic carbocycles. The Bertz CT molecular complexity index is 409. The molecule has 13 heavy (non-hydrogen) atoms. The van der Waals surface area contributed by atoms with E-state index in [2.05, 4.69) is 9.68 Å². The lowest BCUT2D eigenvalue weighted by molar-refractivity contribution is 0.420. The Morgan fingerprint density at radius 3 is 2.92 bits per heavy atom. The van der Waals surface area contributed by atoms with Crippen molar-refractivity contribution in [3.05, 3.63) is 42.0 Å². The highest BCUT2D eigenvalue weighted by Crippen LogP contribution is 2.23. The Labute approximate surface area is 75.0 Å². The van der Waals surface area contributed by atoms with Gasteiger partial charge in [0.2, 0.25) is 0 Å². The van der Waals surface area contributed by atoms with Crippen molar-refractivity contribution in [1.82, 2.24) is 5.16 Å². The maximum Gasteiger partial charge on any atom is 0.134 e. The minimum absolute atomic E-state index is 0.217. The summed E-state index contributed by atoms with van der Waals surface area (Å²) in [6.07, 6.45) is 2.93. The van der Waals surface area contributed by atoms with Crippen LogP contribution in [0.3, 0.4) is 0 Å². The van der Waals surface area contributed by atoms with Crippen LogP contribution in [0.2, 0.25) is 0 Å². The van der Waals surface area contributed by atoms with Gasteiger partial charge >= 0.3 is 0 Å². The van der Waals surface area contributed by atoms with Crippen LogP contribution in [0.4, 0.5) is 4.39 Å². The van der Waals surface area contributed by atoms with Gasteiger partial charge in [-0.2, -0.15) is 0 Å². The zero-order valence-electron chi connectivity index (χ0n) is 7.12. The number of hydrogen-bond acceptors (Lipinski definition) is 2. The van der Waals surface area contributed by atoms with Gasteiger partial charge in [0, 0.05) is 11.1 Å². The third-order valence-corrected chi connectivity index (χ3v) is 1.94. The van der Waals surface area contributed by atoms with Gasteiger partial charge in [0.1, 0.15) is 12.1 Å². The van der Waals surface area contributed by atoms with Crippen LogP contribution in [0.25, 0.3) is 11.1 Å². The molecule has 1 heterocycles. The Balaban J connectivity index is 2.59. The van der Waals surface area contributed by atoms with Crippen molar-refractivity contribution >= 4 is 0 Å². The monoisotopic (exact) mass is 177 g/mol. The molecule has 0 saturated heterocycles. The molecule has 0 aliphatic carbocycles. The van der Waals surface area contributed by atoms with Crippen LogP contribution in [-0.4, -0.2) is 5.16 Å². The second-order valence-corrected chi connectivity index (χ2v) is 2.85. The number of nitrogens with zero attached hydrogens (tertiary/aromatic N) is 1. The first-order valence-corrected chi connectivity index (χ1v) is 3.94. The first-order chi connectivity index (χ1) is 6.29. The smallest absolute Gasteiger partial charge is 0.134 e. The lowest BCUT2D eigenvalue weighted by Crippen LogP contribution is -1.85. The van der Waals surface area contributed by atoms with Crippen molar-refractivity contribution in [2.24, 2.45) is 0 Å². The largest absolute Gasteiger partial charge is 0.364 e. The van der Waals surface area contributed by atoms with Gasteiger partial charge in [0.05, 0.1) is 6.20 Å². The Morgan fingerprint density at radius 1 is 1.38 bits per heavy atom. The maximum absolute atomic E-state index is 13.5. The van der Waals surface area contributed by atoms with E-state index in [-0.39, 0.29) is 5.82 Å². The zero-order valence-corrected chi connectivity index (χ0v) is 7.12. The SMILES string of the molecule is Cc1cccc(-c2cnoc2)c1F. The van der Waals surface area contributed by atoms with Crippen molar-refractivity contribution in [2.45, 2.75) is 6.92 Å². The number of rotatable bonds is 1. The van der Waals surface area contributed by atoms with E-state index in [0.717, 1.165) is 0 Å². The lowest BCUT2D eigenvalue weighted by Gasteiger charge is -2.00. The summed E-state index contributed by atoms with van der Waals surface area (Å²) in [7, 11) is 0. The highest BCUT2D eigenvalue weighted by atomic mass is 19.1. The Hall–Kier alpha value is -1.64. The van der Waals surface area contributed by atoms with E-state index in [0.29, 0.717) is 16.7 Å². The number of hydrogen-bond donors (Lipinski definition) is 0. The summed E-state index contributed by atoms with van der Waals surface area (Å²) >= 11 is 0. The molecule has 0 amide bonds. The fraction of sp³-hybridized carbons (Fsp3) is 0.100. The quantitative estimate of drug-likeness (QED) is 0.669. The average Bonchev–Trinajstić information content (AvgIpc) is 2.62. The Morgan fingerprint density at radius 2 is 2.23 bits per heavy atom. The van der Waals surface area contributed by atoms with Crippen molar-refractivity contribution in [3.8, 4) is 11.1 Å². The first kappa shape index (κ1) is 7.98. The summed E-state index contributed by atoms with van der Waals surface area (Å²) < 4.78 is 18.1. The molecule has 0 aliphatic rings. The normalized spacial score (nSPS) is 10.3. The standard InChI is InChI=1S/C10H8FNO/c1-7-3-2-4-9(10(7)11)8-5-12-13-6-8/h2-6H,1H3. The molecule has 0 bridgehead atoms. The van der Waals surface area contributed by atoms with Crippen LogP contribution in [0, 0.1) is 12.7 Å². The van der Waals surface area contributed by atoms with E-state index in [9.17, 15) is 4.39 Å². The van der Waals surface area contributed by atoms with Crippen molar-refractivity contribution in [2.75, 3.05) is 0 Å². The van der Waals surface area contributed by atoms with Gasteiger partial charge in [-0.1, -0.05) is 23.4 Å². The fourth-order valence-electron chi connectivity index (χ4n) is 1.21. The number of halogens is 1. The van der Waals surface area contributed by atoms with Gasteiger partial charge in [0.15, 0.2) is 0 Å². The molecule has 3 heteroatoms. The van der Waals surface area contributed by atoms with Crippen LogP contribution >= 0.6 is 0 Å². The van der Waals surface area contributed by atoms with Crippen LogP contribution < -0.4 is 0 Å². The number of benzene rings is 1. The molecule has 66 valence electrons. The van der Waals surface area contributed by atoms with Crippen molar-refractivity contribution in [1.29, 1.82) is 0 Å². The topological polar surface area (TPSA) is 26.0 Å². The van der Waals surface area contributed by atoms with Crippen LogP contribution in [-0.2, 0) is 0 Å². The predicted molar refractivity (Wildman–Crippen MR) is 46.6 cm³/mol. The lowest BCUT2D eigenvalue weighted by atomic mass is 10.1. The molecule has 0 saturated carbocycles. The van der Waals surface area contributed by atoms with E-state index in [1.807, 2.05) is 0 Å². The highest BCUT2D eigenvalue weighted by Gasteiger charge is 2.07. The van der Waals surface area contributed by atoms with Crippen molar-refractivity contribution in [3.63, 3.8) is 0 Å². The second kappa shape index (κ2) is 3.01. The molecule has 2 aromatic rings. The van der Waals surface area contributed by atoms with Crippen LogP contribution in [0.15, 0.2) is 35.2 Å². The van der Waals surface area contributed by atoms with Crippen molar-refractivity contribution < 1.29 is 8.91 Å².